The molecule has 1 amide bonds. The quantitative estimate of drug-likeness (QED) is 0.497. The van der Waals surface area contributed by atoms with E-state index < -0.39 is 17.7 Å². The smallest absolute Gasteiger partial charge is 0.337 e. The highest BCUT2D eigenvalue weighted by Crippen LogP contribution is 2.17. The van der Waals surface area contributed by atoms with E-state index in [0.29, 0.717) is 11.3 Å². The average Bonchev–Trinajstić information content (AvgIpc) is 2.61. The van der Waals surface area contributed by atoms with Crippen molar-refractivity contribution in [2.24, 2.45) is 5.16 Å². The number of hydrogen-bond donors (Lipinski definition) is 1. The summed E-state index contributed by atoms with van der Waals surface area (Å²) in [5.41, 5.74) is 1.82. The highest BCUT2D eigenvalue weighted by atomic mass is 19.1. The molecule has 0 aliphatic heterocycles. The molecule has 2 rings (SSSR count). The monoisotopic (exact) mass is 344 g/mol. The molecule has 0 radical (unpaired) electrons. The second-order valence-electron chi connectivity index (χ2n) is 5.10. The van der Waals surface area contributed by atoms with Crippen molar-refractivity contribution in [2.45, 2.75) is 6.92 Å². The molecule has 0 bridgehead atoms. The van der Waals surface area contributed by atoms with Crippen LogP contribution in [-0.4, -0.2) is 31.8 Å². The van der Waals surface area contributed by atoms with E-state index in [1.165, 1.54) is 31.5 Å². The van der Waals surface area contributed by atoms with Crippen LogP contribution in [-0.2, 0) is 14.4 Å². The summed E-state index contributed by atoms with van der Waals surface area (Å²) in [4.78, 5) is 28.3. The van der Waals surface area contributed by atoms with E-state index in [-0.39, 0.29) is 12.2 Å². The fraction of sp³-hybridized carbons (Fsp3) is 0.167. The number of halogens is 1. The fourth-order valence-corrected chi connectivity index (χ4v) is 1.96. The number of esters is 1. The average molecular weight is 344 g/mol. The van der Waals surface area contributed by atoms with E-state index in [2.05, 4.69) is 15.2 Å². The Morgan fingerprint density at radius 2 is 2.00 bits per heavy atom. The van der Waals surface area contributed by atoms with Crippen LogP contribution < -0.4 is 5.32 Å². The number of methoxy groups -OCH3 is 1. The van der Waals surface area contributed by atoms with Gasteiger partial charge in [0, 0.05) is 11.3 Å². The van der Waals surface area contributed by atoms with Crippen LogP contribution >= 0.6 is 0 Å². The van der Waals surface area contributed by atoms with Crippen LogP contribution in [0.1, 0.15) is 21.5 Å². The molecule has 130 valence electrons. The number of rotatable bonds is 6. The van der Waals surface area contributed by atoms with Gasteiger partial charge in [-0.2, -0.15) is 0 Å². The predicted molar refractivity (Wildman–Crippen MR) is 91.1 cm³/mol. The third kappa shape index (κ3) is 5.13. The number of amides is 1. The van der Waals surface area contributed by atoms with Gasteiger partial charge in [-0.1, -0.05) is 29.4 Å². The minimum absolute atomic E-state index is 0.254. The minimum atomic E-state index is -0.499. The number of anilines is 1. The van der Waals surface area contributed by atoms with Crippen molar-refractivity contribution in [1.29, 1.82) is 0 Å². The zero-order chi connectivity index (χ0) is 18.2. The number of aryl methyl sites for hydroxylation is 1. The summed E-state index contributed by atoms with van der Waals surface area (Å²) in [6, 6.07) is 10.9. The van der Waals surface area contributed by atoms with Gasteiger partial charge in [0.2, 0.25) is 0 Å². The van der Waals surface area contributed by atoms with Crippen molar-refractivity contribution in [2.75, 3.05) is 19.0 Å². The van der Waals surface area contributed by atoms with Crippen molar-refractivity contribution < 1.29 is 23.6 Å². The Balaban J connectivity index is 1.92. The first-order chi connectivity index (χ1) is 12.0. The Hall–Kier alpha value is -3.22. The standard InChI is InChI=1S/C18H17FN2O4/c1-12-7-8-13(18(23)24-2)9-16(12)21-17(22)11-25-20-10-14-5-3-4-6-15(14)19/h3-10H,11H2,1-2H3,(H,21,22)/b20-10-. The first kappa shape index (κ1) is 18.1. The molecule has 0 saturated carbocycles. The van der Waals surface area contributed by atoms with E-state index in [4.69, 9.17) is 4.84 Å². The molecule has 0 aliphatic carbocycles. The number of nitrogens with zero attached hydrogens (tertiary/aromatic N) is 1. The van der Waals surface area contributed by atoms with Crippen LogP contribution in [0.2, 0.25) is 0 Å². The summed E-state index contributed by atoms with van der Waals surface area (Å²) in [5.74, 6) is -1.40. The van der Waals surface area contributed by atoms with Crippen molar-refractivity contribution in [1.82, 2.24) is 0 Å². The number of oxime groups is 1. The van der Waals surface area contributed by atoms with Crippen molar-refractivity contribution >= 4 is 23.8 Å². The molecule has 0 fully saturated rings. The molecule has 0 spiro atoms. The molecule has 0 aromatic heterocycles. The molecule has 0 saturated heterocycles. The number of carbonyl (C=O) groups is 2. The lowest BCUT2D eigenvalue weighted by atomic mass is 10.1. The van der Waals surface area contributed by atoms with Crippen molar-refractivity contribution in [3.8, 4) is 0 Å². The first-order valence-electron chi connectivity index (χ1n) is 7.40. The number of benzene rings is 2. The molecule has 7 heteroatoms. The second-order valence-corrected chi connectivity index (χ2v) is 5.10. The predicted octanol–water partition coefficient (Wildman–Crippen LogP) is 2.91. The molecular weight excluding hydrogens is 327 g/mol. The van der Waals surface area contributed by atoms with Crippen LogP contribution in [0.3, 0.4) is 0 Å². The number of hydrogen-bond acceptors (Lipinski definition) is 5. The largest absolute Gasteiger partial charge is 0.465 e. The number of carbonyl (C=O) groups excluding carboxylic acids is 2. The molecule has 0 unspecified atom stereocenters. The maximum atomic E-state index is 13.4. The lowest BCUT2D eigenvalue weighted by molar-refractivity contribution is -0.120. The van der Waals surface area contributed by atoms with Gasteiger partial charge in [0.15, 0.2) is 6.61 Å². The molecule has 2 aromatic rings. The molecule has 0 atom stereocenters. The van der Waals surface area contributed by atoms with Crippen molar-refractivity contribution in [3.05, 3.63) is 65.0 Å². The summed E-state index contributed by atoms with van der Waals surface area (Å²) >= 11 is 0. The van der Waals surface area contributed by atoms with Crippen LogP contribution in [0.25, 0.3) is 0 Å². The molecule has 2 aromatic carbocycles. The van der Waals surface area contributed by atoms with Gasteiger partial charge in [0.1, 0.15) is 5.82 Å². The van der Waals surface area contributed by atoms with E-state index in [0.717, 1.165) is 5.56 Å². The van der Waals surface area contributed by atoms with Gasteiger partial charge in [-0.25, -0.2) is 9.18 Å². The maximum Gasteiger partial charge on any atom is 0.337 e. The van der Waals surface area contributed by atoms with Gasteiger partial charge in [-0.15, -0.1) is 0 Å². The molecule has 6 nitrogen and oxygen atoms in total. The molecule has 1 N–H and O–H groups in total. The van der Waals surface area contributed by atoms with Crippen molar-refractivity contribution in [3.63, 3.8) is 0 Å². The van der Waals surface area contributed by atoms with E-state index in [1.807, 2.05) is 0 Å². The summed E-state index contributed by atoms with van der Waals surface area (Å²) in [5, 5.41) is 6.19. The number of ether oxygens (including phenoxy) is 1. The summed E-state index contributed by atoms with van der Waals surface area (Å²) in [6.07, 6.45) is 1.19. The van der Waals surface area contributed by atoms with Gasteiger partial charge in [-0.05, 0) is 30.7 Å². The minimum Gasteiger partial charge on any atom is -0.465 e. The van der Waals surface area contributed by atoms with Crippen LogP contribution in [0.4, 0.5) is 10.1 Å². The summed E-state index contributed by atoms with van der Waals surface area (Å²) in [6.45, 7) is 1.43. The SMILES string of the molecule is COC(=O)c1ccc(C)c(NC(=O)CO/N=C\c2ccccc2F)c1. The van der Waals surface area contributed by atoms with Gasteiger partial charge in [0.25, 0.3) is 5.91 Å². The third-order valence-electron chi connectivity index (χ3n) is 3.30. The maximum absolute atomic E-state index is 13.4. The molecular formula is C18H17FN2O4. The fourth-order valence-electron chi connectivity index (χ4n) is 1.96. The molecule has 0 heterocycles. The molecule has 25 heavy (non-hydrogen) atoms. The van der Waals surface area contributed by atoms with Crippen LogP contribution in [0.5, 0.6) is 0 Å². The van der Waals surface area contributed by atoms with Crippen LogP contribution in [0, 0.1) is 12.7 Å². The van der Waals surface area contributed by atoms with Gasteiger partial charge >= 0.3 is 5.97 Å². The van der Waals surface area contributed by atoms with Gasteiger partial charge < -0.3 is 14.9 Å². The topological polar surface area (TPSA) is 77.0 Å². The first-order valence-corrected chi connectivity index (χ1v) is 7.40. The Bertz CT molecular complexity index is 805. The lowest BCUT2D eigenvalue weighted by Gasteiger charge is -2.09. The Labute approximate surface area is 144 Å². The second kappa shape index (κ2) is 8.58. The highest BCUT2D eigenvalue weighted by molar-refractivity contribution is 5.95. The van der Waals surface area contributed by atoms with Gasteiger partial charge in [0.05, 0.1) is 18.9 Å². The normalized spacial score (nSPS) is 10.5. The van der Waals surface area contributed by atoms with E-state index in [9.17, 15) is 14.0 Å². The highest BCUT2D eigenvalue weighted by Gasteiger charge is 2.10. The summed E-state index contributed by atoms with van der Waals surface area (Å²) in [7, 11) is 1.28. The van der Waals surface area contributed by atoms with E-state index in [1.54, 1.807) is 31.2 Å². The molecule has 0 aliphatic rings. The Morgan fingerprint density at radius 3 is 2.72 bits per heavy atom. The summed E-state index contributed by atoms with van der Waals surface area (Å²) < 4.78 is 18.0. The Morgan fingerprint density at radius 1 is 1.24 bits per heavy atom. The third-order valence-corrected chi connectivity index (χ3v) is 3.30. The van der Waals surface area contributed by atoms with E-state index >= 15 is 0 Å². The Kier molecular flexibility index (Phi) is 6.22. The zero-order valence-corrected chi connectivity index (χ0v) is 13.8. The number of nitrogens with one attached hydrogen (secondary N) is 1. The lowest BCUT2D eigenvalue weighted by Crippen LogP contribution is -2.18. The zero-order valence-electron chi connectivity index (χ0n) is 13.8. The van der Waals surface area contributed by atoms with Gasteiger partial charge in [-0.3, -0.25) is 4.79 Å². The van der Waals surface area contributed by atoms with Crippen LogP contribution in [0.15, 0.2) is 47.6 Å².